The van der Waals surface area contributed by atoms with Crippen molar-refractivity contribution in [2.24, 2.45) is 10.9 Å². The van der Waals surface area contributed by atoms with Crippen LogP contribution in [0.3, 0.4) is 0 Å². The van der Waals surface area contributed by atoms with E-state index in [1.807, 2.05) is 12.3 Å². The van der Waals surface area contributed by atoms with Gasteiger partial charge in [0, 0.05) is 18.8 Å². The van der Waals surface area contributed by atoms with Gasteiger partial charge in [0.25, 0.3) is 0 Å². The number of thioether (sulfide) groups is 1. The highest BCUT2D eigenvalue weighted by Gasteiger charge is 2.21. The van der Waals surface area contributed by atoms with Gasteiger partial charge in [0.1, 0.15) is 5.82 Å². The number of hydrogen-bond acceptors (Lipinski definition) is 2. The lowest BCUT2D eigenvalue weighted by Gasteiger charge is -2.12. The monoisotopic (exact) mass is 437 g/mol. The normalized spacial score (nSPS) is 14.4. The Hall–Kier alpha value is -0.500. The van der Waals surface area contributed by atoms with Crippen LogP contribution in [0.15, 0.2) is 23.2 Å². The van der Waals surface area contributed by atoms with Gasteiger partial charge in [-0.05, 0) is 55.2 Å². The van der Waals surface area contributed by atoms with Gasteiger partial charge in [-0.2, -0.15) is 11.8 Å². The molecule has 1 aromatic rings. The predicted octanol–water partition coefficient (Wildman–Crippen LogP) is 3.77. The summed E-state index contributed by atoms with van der Waals surface area (Å²) in [5.41, 5.74) is 2.12. The summed E-state index contributed by atoms with van der Waals surface area (Å²) in [5.74, 6) is 2.30. The van der Waals surface area contributed by atoms with Gasteiger partial charge in [-0.25, -0.2) is 9.38 Å². The number of nitrogens with zero attached hydrogens (tertiary/aromatic N) is 1. The van der Waals surface area contributed by atoms with E-state index in [0.29, 0.717) is 6.54 Å². The number of hydrogen-bond donors (Lipinski definition) is 2. The fraction of sp³-hybridized carbons (Fsp3) is 0.562. The number of rotatable bonds is 7. The Labute approximate surface area is 154 Å². The zero-order chi connectivity index (χ0) is 15.1. The molecule has 1 aliphatic rings. The Morgan fingerprint density at radius 2 is 2.09 bits per heavy atom. The van der Waals surface area contributed by atoms with E-state index in [4.69, 9.17) is 0 Å². The van der Waals surface area contributed by atoms with E-state index in [2.05, 4.69) is 22.5 Å². The molecule has 22 heavy (non-hydrogen) atoms. The largest absolute Gasteiger partial charge is 0.357 e. The zero-order valence-corrected chi connectivity index (χ0v) is 16.3. The van der Waals surface area contributed by atoms with Crippen LogP contribution in [0, 0.1) is 11.7 Å². The first-order valence-corrected chi connectivity index (χ1v) is 8.90. The van der Waals surface area contributed by atoms with E-state index >= 15 is 0 Å². The van der Waals surface area contributed by atoms with E-state index in [9.17, 15) is 4.39 Å². The lowest BCUT2D eigenvalue weighted by Crippen LogP contribution is -2.38. The van der Waals surface area contributed by atoms with Gasteiger partial charge in [0.2, 0.25) is 0 Å². The molecule has 0 aliphatic heterocycles. The third-order valence-electron chi connectivity index (χ3n) is 3.47. The molecular formula is C16H25FIN3S. The molecule has 1 fully saturated rings. The molecule has 124 valence electrons. The topological polar surface area (TPSA) is 36.4 Å². The highest BCUT2D eigenvalue weighted by Crippen LogP contribution is 2.27. The third kappa shape index (κ3) is 6.73. The molecule has 6 heteroatoms. The van der Waals surface area contributed by atoms with Crippen molar-refractivity contribution in [3.05, 3.63) is 35.1 Å². The minimum atomic E-state index is -0.175. The molecule has 3 nitrogen and oxygen atoms in total. The molecule has 0 bridgehead atoms. The Balaban J connectivity index is 0.00000242. The van der Waals surface area contributed by atoms with E-state index < -0.39 is 0 Å². The van der Waals surface area contributed by atoms with Crippen LogP contribution in [0.4, 0.5) is 4.39 Å². The second-order valence-corrected chi connectivity index (χ2v) is 6.23. The number of aliphatic imine (C=N–C) groups is 1. The molecule has 0 radical (unpaired) electrons. The minimum absolute atomic E-state index is 0. The Morgan fingerprint density at radius 3 is 2.73 bits per heavy atom. The highest BCUT2D eigenvalue weighted by molar-refractivity contribution is 14.0. The molecule has 0 atom stereocenters. The average Bonchev–Trinajstić information content (AvgIpc) is 3.28. The lowest BCUT2D eigenvalue weighted by atomic mass is 10.1. The maximum absolute atomic E-state index is 13.3. The Morgan fingerprint density at radius 1 is 1.32 bits per heavy atom. The average molecular weight is 437 g/mol. The zero-order valence-electron chi connectivity index (χ0n) is 13.2. The molecule has 0 aromatic heterocycles. The summed E-state index contributed by atoms with van der Waals surface area (Å²) in [6, 6.07) is 4.97. The molecular weight excluding hydrogens is 412 g/mol. The molecule has 0 amide bonds. The van der Waals surface area contributed by atoms with Crippen molar-refractivity contribution in [2.75, 3.05) is 19.3 Å². The fourth-order valence-electron chi connectivity index (χ4n) is 2.11. The molecule has 2 N–H and O–H groups in total. The van der Waals surface area contributed by atoms with Crippen LogP contribution in [-0.2, 0) is 12.3 Å². The van der Waals surface area contributed by atoms with Crippen LogP contribution in [-0.4, -0.2) is 25.3 Å². The van der Waals surface area contributed by atoms with Crippen molar-refractivity contribution < 1.29 is 4.39 Å². The van der Waals surface area contributed by atoms with Crippen LogP contribution >= 0.6 is 35.7 Å². The van der Waals surface area contributed by atoms with E-state index in [1.165, 1.54) is 18.9 Å². The van der Waals surface area contributed by atoms with Gasteiger partial charge in [-0.1, -0.05) is 6.07 Å². The molecule has 0 saturated heterocycles. The summed E-state index contributed by atoms with van der Waals surface area (Å²) in [5, 5.41) is 6.63. The summed E-state index contributed by atoms with van der Waals surface area (Å²) in [4.78, 5) is 4.62. The van der Waals surface area contributed by atoms with Gasteiger partial charge in [-0.15, -0.1) is 24.0 Å². The minimum Gasteiger partial charge on any atom is -0.357 e. The number of halogens is 2. The maximum atomic E-state index is 13.3. The third-order valence-corrected chi connectivity index (χ3v) is 4.07. The molecule has 1 saturated carbocycles. The fourth-order valence-corrected chi connectivity index (χ4v) is 2.69. The number of nitrogens with one attached hydrogen (secondary N) is 2. The molecule has 0 unspecified atom stereocenters. The Bertz CT molecular complexity index is 492. The highest BCUT2D eigenvalue weighted by atomic mass is 127. The number of guanidine groups is 1. The summed E-state index contributed by atoms with van der Waals surface area (Å²) in [6.07, 6.45) is 4.67. The van der Waals surface area contributed by atoms with Crippen LogP contribution in [0.2, 0.25) is 0 Å². The Kier molecular flexibility index (Phi) is 9.16. The summed E-state index contributed by atoms with van der Waals surface area (Å²) >= 11 is 1.70. The maximum Gasteiger partial charge on any atom is 0.191 e. The van der Waals surface area contributed by atoms with Gasteiger partial charge >= 0.3 is 0 Å². The van der Waals surface area contributed by atoms with Crippen LogP contribution < -0.4 is 10.6 Å². The van der Waals surface area contributed by atoms with Gasteiger partial charge in [0.05, 0.1) is 6.54 Å². The molecule has 0 spiro atoms. The second-order valence-electron chi connectivity index (χ2n) is 5.37. The van der Waals surface area contributed by atoms with E-state index in [-0.39, 0.29) is 29.8 Å². The lowest BCUT2D eigenvalue weighted by molar-refractivity contribution is 0.625. The first-order valence-electron chi connectivity index (χ1n) is 7.51. The molecule has 0 heterocycles. The molecule has 1 aromatic carbocycles. The summed E-state index contributed by atoms with van der Waals surface area (Å²) < 4.78 is 13.3. The van der Waals surface area contributed by atoms with Crippen LogP contribution in [0.1, 0.15) is 30.9 Å². The standard InChI is InChI=1S/C16H24FN3S.HI/c1-3-18-16(19-9-12-4-5-12)20-10-13-6-7-15(17)8-14(13)11-21-2;/h6-8,12H,3-5,9-11H2,1-2H3,(H2,18,19,20);1H. The SMILES string of the molecule is CCNC(=NCc1ccc(F)cc1CSC)NCC1CC1.I. The second kappa shape index (κ2) is 10.3. The van der Waals surface area contributed by atoms with Gasteiger partial charge in [-0.3, -0.25) is 0 Å². The van der Waals surface area contributed by atoms with Crippen molar-refractivity contribution in [1.82, 2.24) is 10.6 Å². The number of benzene rings is 1. The molecule has 2 rings (SSSR count). The van der Waals surface area contributed by atoms with Crippen molar-refractivity contribution in [3.63, 3.8) is 0 Å². The molecule has 1 aliphatic carbocycles. The van der Waals surface area contributed by atoms with Gasteiger partial charge in [0.15, 0.2) is 5.96 Å². The van der Waals surface area contributed by atoms with Crippen molar-refractivity contribution in [1.29, 1.82) is 0 Å². The predicted molar refractivity (Wildman–Crippen MR) is 105 cm³/mol. The quantitative estimate of drug-likeness (QED) is 0.388. The summed E-state index contributed by atoms with van der Waals surface area (Å²) in [7, 11) is 0. The smallest absolute Gasteiger partial charge is 0.191 e. The van der Waals surface area contributed by atoms with E-state index in [1.54, 1.807) is 17.8 Å². The van der Waals surface area contributed by atoms with Gasteiger partial charge < -0.3 is 10.6 Å². The van der Waals surface area contributed by atoms with Crippen molar-refractivity contribution in [3.8, 4) is 0 Å². The first-order chi connectivity index (χ1) is 10.2. The van der Waals surface area contributed by atoms with E-state index in [0.717, 1.165) is 41.8 Å². The van der Waals surface area contributed by atoms with Crippen LogP contribution in [0.25, 0.3) is 0 Å². The van der Waals surface area contributed by atoms with Crippen LogP contribution in [0.5, 0.6) is 0 Å². The van der Waals surface area contributed by atoms with Crippen molar-refractivity contribution in [2.45, 2.75) is 32.1 Å². The summed E-state index contributed by atoms with van der Waals surface area (Å²) in [6.45, 7) is 4.48. The van der Waals surface area contributed by atoms with Crippen molar-refractivity contribution >= 4 is 41.7 Å². The first kappa shape index (κ1) is 19.5.